The molecular weight excluding hydrogens is 224 g/mol. The smallest absolute Gasteiger partial charge is 0.0541 e. The second-order valence-corrected chi connectivity index (χ2v) is 6.44. The first-order valence-electron chi connectivity index (χ1n) is 7.78. The molecule has 0 amide bonds. The third-order valence-corrected chi connectivity index (χ3v) is 4.92. The van der Waals surface area contributed by atoms with Gasteiger partial charge in [-0.25, -0.2) is 0 Å². The van der Waals surface area contributed by atoms with E-state index in [4.69, 9.17) is 0 Å². The van der Waals surface area contributed by atoms with Crippen molar-refractivity contribution < 1.29 is 5.11 Å². The van der Waals surface area contributed by atoms with E-state index < -0.39 is 0 Å². The van der Waals surface area contributed by atoms with Gasteiger partial charge in [-0.05, 0) is 70.6 Å². The molecular formula is C15H30N2O. The average Bonchev–Trinajstić information content (AvgIpc) is 2.38. The maximum absolute atomic E-state index is 9.60. The fourth-order valence-electron chi connectivity index (χ4n) is 3.23. The molecule has 0 radical (unpaired) electrons. The predicted octanol–water partition coefficient (Wildman–Crippen LogP) is 1.81. The Hall–Kier alpha value is -0.120. The van der Waals surface area contributed by atoms with Gasteiger partial charge in [-0.2, -0.15) is 0 Å². The molecule has 2 fully saturated rings. The van der Waals surface area contributed by atoms with Crippen LogP contribution in [0.2, 0.25) is 0 Å². The third-order valence-electron chi connectivity index (χ3n) is 4.92. The molecule has 2 aliphatic heterocycles. The number of rotatable bonds is 4. The quantitative estimate of drug-likeness (QED) is 0.829. The molecule has 0 saturated carbocycles. The van der Waals surface area contributed by atoms with Crippen LogP contribution in [-0.4, -0.2) is 60.3 Å². The van der Waals surface area contributed by atoms with Crippen LogP contribution in [0.25, 0.3) is 0 Å². The lowest BCUT2D eigenvalue weighted by Crippen LogP contribution is -2.43. The molecule has 1 unspecified atom stereocenters. The van der Waals surface area contributed by atoms with Crippen molar-refractivity contribution in [3.8, 4) is 0 Å². The summed E-state index contributed by atoms with van der Waals surface area (Å²) in [6.07, 6.45) is 4.99. The van der Waals surface area contributed by atoms with Gasteiger partial charge in [0.2, 0.25) is 0 Å². The fourth-order valence-corrected chi connectivity index (χ4v) is 3.23. The minimum Gasteiger partial charge on any atom is -0.393 e. The standard InChI is InChI=1S/C15H30N2O/c1-13-3-7-16(8-4-13)11-12-17-9-5-15(6-10-17)14(2)18/h13-15,18H,3-12H2,1-2H3. The number of hydrogen-bond acceptors (Lipinski definition) is 3. The van der Waals surface area contributed by atoms with E-state index in [0.717, 1.165) is 5.92 Å². The topological polar surface area (TPSA) is 26.7 Å². The highest BCUT2D eigenvalue weighted by molar-refractivity contribution is 4.77. The minimum absolute atomic E-state index is 0.115. The Kier molecular flexibility index (Phi) is 5.46. The van der Waals surface area contributed by atoms with Crippen LogP contribution in [0.15, 0.2) is 0 Å². The summed E-state index contributed by atoms with van der Waals surface area (Å²) in [5.74, 6) is 1.47. The lowest BCUT2D eigenvalue weighted by Gasteiger charge is -2.36. The molecule has 1 N–H and O–H groups in total. The van der Waals surface area contributed by atoms with Gasteiger partial charge in [-0.15, -0.1) is 0 Å². The summed E-state index contributed by atoms with van der Waals surface area (Å²) in [6, 6.07) is 0. The number of aliphatic hydroxyl groups excluding tert-OH is 1. The van der Waals surface area contributed by atoms with Crippen molar-refractivity contribution in [3.63, 3.8) is 0 Å². The van der Waals surface area contributed by atoms with Crippen molar-refractivity contribution in [1.82, 2.24) is 9.80 Å². The molecule has 1 atom stereocenters. The van der Waals surface area contributed by atoms with Gasteiger partial charge in [0.1, 0.15) is 0 Å². The van der Waals surface area contributed by atoms with Gasteiger partial charge in [0.05, 0.1) is 6.10 Å². The number of aliphatic hydroxyl groups is 1. The molecule has 3 heteroatoms. The lowest BCUT2D eigenvalue weighted by atomic mass is 9.92. The van der Waals surface area contributed by atoms with Gasteiger partial charge in [-0.3, -0.25) is 0 Å². The van der Waals surface area contributed by atoms with Gasteiger partial charge >= 0.3 is 0 Å². The van der Waals surface area contributed by atoms with Gasteiger partial charge in [0.25, 0.3) is 0 Å². The van der Waals surface area contributed by atoms with Gasteiger partial charge in [0, 0.05) is 13.1 Å². The van der Waals surface area contributed by atoms with E-state index in [1.54, 1.807) is 0 Å². The Morgan fingerprint density at radius 1 is 0.944 bits per heavy atom. The van der Waals surface area contributed by atoms with Crippen molar-refractivity contribution in [2.75, 3.05) is 39.3 Å². The first-order chi connectivity index (χ1) is 8.65. The first-order valence-corrected chi connectivity index (χ1v) is 7.78. The van der Waals surface area contributed by atoms with E-state index in [1.807, 2.05) is 6.92 Å². The molecule has 2 heterocycles. The van der Waals surface area contributed by atoms with Crippen LogP contribution in [0.1, 0.15) is 39.5 Å². The predicted molar refractivity (Wildman–Crippen MR) is 75.7 cm³/mol. The van der Waals surface area contributed by atoms with Crippen LogP contribution in [0.4, 0.5) is 0 Å². The van der Waals surface area contributed by atoms with Crippen LogP contribution in [0.3, 0.4) is 0 Å². The zero-order chi connectivity index (χ0) is 13.0. The second-order valence-electron chi connectivity index (χ2n) is 6.44. The van der Waals surface area contributed by atoms with Crippen molar-refractivity contribution in [1.29, 1.82) is 0 Å². The summed E-state index contributed by atoms with van der Waals surface area (Å²) in [6.45, 7) is 11.7. The summed E-state index contributed by atoms with van der Waals surface area (Å²) in [4.78, 5) is 5.21. The number of hydrogen-bond donors (Lipinski definition) is 1. The molecule has 0 aromatic heterocycles. The summed E-state index contributed by atoms with van der Waals surface area (Å²) < 4.78 is 0. The van der Waals surface area contributed by atoms with Gasteiger partial charge < -0.3 is 14.9 Å². The lowest BCUT2D eigenvalue weighted by molar-refractivity contribution is 0.0659. The Morgan fingerprint density at radius 2 is 1.39 bits per heavy atom. The van der Waals surface area contributed by atoms with Crippen molar-refractivity contribution in [3.05, 3.63) is 0 Å². The molecule has 2 rings (SSSR count). The Balaban J connectivity index is 1.60. The highest BCUT2D eigenvalue weighted by Crippen LogP contribution is 2.21. The van der Waals surface area contributed by atoms with E-state index in [0.29, 0.717) is 5.92 Å². The summed E-state index contributed by atoms with van der Waals surface area (Å²) in [5.41, 5.74) is 0. The van der Waals surface area contributed by atoms with Crippen LogP contribution < -0.4 is 0 Å². The largest absolute Gasteiger partial charge is 0.393 e. The summed E-state index contributed by atoms with van der Waals surface area (Å²) in [5, 5.41) is 9.60. The SMILES string of the molecule is CC1CCN(CCN2CCC(C(C)O)CC2)CC1. The number of likely N-dealkylation sites (tertiary alicyclic amines) is 2. The van der Waals surface area contributed by atoms with Gasteiger partial charge in [-0.1, -0.05) is 6.92 Å². The van der Waals surface area contributed by atoms with Crippen LogP contribution >= 0.6 is 0 Å². The van der Waals surface area contributed by atoms with Crippen LogP contribution in [0, 0.1) is 11.8 Å². The first kappa shape index (κ1) is 14.3. The number of piperidine rings is 2. The molecule has 0 aliphatic carbocycles. The molecule has 18 heavy (non-hydrogen) atoms. The maximum Gasteiger partial charge on any atom is 0.0541 e. The monoisotopic (exact) mass is 254 g/mol. The molecule has 0 bridgehead atoms. The Bertz CT molecular complexity index is 229. The minimum atomic E-state index is -0.115. The molecule has 0 aromatic rings. The Morgan fingerprint density at radius 3 is 1.83 bits per heavy atom. The van der Waals surface area contributed by atoms with Crippen LogP contribution in [-0.2, 0) is 0 Å². The highest BCUT2D eigenvalue weighted by atomic mass is 16.3. The van der Waals surface area contributed by atoms with Crippen molar-refractivity contribution >= 4 is 0 Å². The van der Waals surface area contributed by atoms with Gasteiger partial charge in [0.15, 0.2) is 0 Å². The molecule has 3 nitrogen and oxygen atoms in total. The molecule has 2 aliphatic rings. The zero-order valence-corrected chi connectivity index (χ0v) is 12.1. The Labute approximate surface area is 112 Å². The zero-order valence-electron chi connectivity index (χ0n) is 12.1. The van der Waals surface area contributed by atoms with E-state index in [9.17, 15) is 5.11 Å². The molecule has 106 valence electrons. The van der Waals surface area contributed by atoms with Crippen molar-refractivity contribution in [2.24, 2.45) is 11.8 Å². The molecule has 0 spiro atoms. The summed E-state index contributed by atoms with van der Waals surface area (Å²) >= 11 is 0. The number of nitrogens with zero attached hydrogens (tertiary/aromatic N) is 2. The highest BCUT2D eigenvalue weighted by Gasteiger charge is 2.23. The van der Waals surface area contributed by atoms with Crippen molar-refractivity contribution in [2.45, 2.75) is 45.6 Å². The fraction of sp³-hybridized carbons (Fsp3) is 1.00. The maximum atomic E-state index is 9.60. The van der Waals surface area contributed by atoms with Crippen LogP contribution in [0.5, 0.6) is 0 Å². The third kappa shape index (κ3) is 4.22. The van der Waals surface area contributed by atoms with E-state index in [-0.39, 0.29) is 6.10 Å². The molecule has 2 saturated heterocycles. The van der Waals surface area contributed by atoms with E-state index >= 15 is 0 Å². The van der Waals surface area contributed by atoms with E-state index in [1.165, 1.54) is 65.0 Å². The van der Waals surface area contributed by atoms with E-state index in [2.05, 4.69) is 16.7 Å². The normalized spacial score (nSPS) is 27.5. The summed E-state index contributed by atoms with van der Waals surface area (Å²) in [7, 11) is 0. The second kappa shape index (κ2) is 6.88. The average molecular weight is 254 g/mol. The molecule has 0 aromatic carbocycles.